The Labute approximate surface area is 233 Å². The van der Waals surface area contributed by atoms with Crippen molar-refractivity contribution in [1.82, 2.24) is 29.2 Å². The summed E-state index contributed by atoms with van der Waals surface area (Å²) in [4.78, 5) is 29.8. The summed E-state index contributed by atoms with van der Waals surface area (Å²) >= 11 is 0. The maximum Gasteiger partial charge on any atom is 0.278 e. The Morgan fingerprint density at radius 1 is 1.20 bits per heavy atom. The van der Waals surface area contributed by atoms with Crippen molar-refractivity contribution < 1.29 is 5.11 Å². The molecule has 0 saturated heterocycles. The van der Waals surface area contributed by atoms with Crippen molar-refractivity contribution in [2.24, 2.45) is 0 Å². The van der Waals surface area contributed by atoms with Gasteiger partial charge in [-0.05, 0) is 80.1 Å². The molecule has 1 aliphatic carbocycles. The molecule has 4 heterocycles. The van der Waals surface area contributed by atoms with E-state index in [1.54, 1.807) is 21.6 Å². The molecule has 1 atom stereocenters. The highest BCUT2D eigenvalue weighted by Gasteiger charge is 2.37. The Bertz CT molecular complexity index is 1720. The van der Waals surface area contributed by atoms with Gasteiger partial charge in [0.15, 0.2) is 11.5 Å². The van der Waals surface area contributed by atoms with Crippen molar-refractivity contribution in [2.75, 3.05) is 25.5 Å². The first kappa shape index (κ1) is 26.2. The van der Waals surface area contributed by atoms with Crippen LogP contribution in [0.4, 0.5) is 11.6 Å². The van der Waals surface area contributed by atoms with Crippen LogP contribution in [-0.2, 0) is 18.6 Å². The number of fused-ring (bicyclic) bond motifs is 2. The second-order valence-electron chi connectivity index (χ2n) is 10.9. The largest absolute Gasteiger partial charge is 0.384 e. The zero-order valence-electron chi connectivity index (χ0n) is 23.3. The number of nitrogens with one attached hydrogen (secondary N) is 1. The lowest BCUT2D eigenvalue weighted by molar-refractivity contribution is 0.0306. The molecule has 0 radical (unpaired) electrons. The van der Waals surface area contributed by atoms with E-state index in [9.17, 15) is 9.90 Å². The van der Waals surface area contributed by atoms with Gasteiger partial charge in [-0.25, -0.2) is 19.3 Å². The molecule has 6 rings (SSSR count). The molecule has 0 bridgehead atoms. The van der Waals surface area contributed by atoms with Crippen LogP contribution in [0.15, 0.2) is 60.1 Å². The normalized spacial score (nSPS) is 19.1. The van der Waals surface area contributed by atoms with E-state index in [0.29, 0.717) is 41.3 Å². The summed E-state index contributed by atoms with van der Waals surface area (Å²) < 4.78 is 3.26. The Hall–Kier alpha value is -4.08. The first-order valence-electron chi connectivity index (χ1n) is 13.9. The molecule has 9 heteroatoms. The van der Waals surface area contributed by atoms with Gasteiger partial charge in [-0.3, -0.25) is 4.79 Å². The zero-order chi connectivity index (χ0) is 28.0. The molecule has 40 heavy (non-hydrogen) atoms. The molecule has 206 valence electrons. The van der Waals surface area contributed by atoms with Crippen LogP contribution in [0.2, 0.25) is 0 Å². The number of likely N-dealkylation sites (N-methyl/N-ethyl adjacent to an activating group) is 1. The first-order chi connectivity index (χ1) is 19.3. The second-order valence-corrected chi connectivity index (χ2v) is 10.9. The molecule has 0 spiro atoms. The van der Waals surface area contributed by atoms with E-state index in [1.807, 2.05) is 25.1 Å². The highest BCUT2D eigenvalue weighted by Crippen LogP contribution is 2.38. The number of aryl methyl sites for hydroxylation is 2. The van der Waals surface area contributed by atoms with Crippen LogP contribution in [-0.4, -0.2) is 54.5 Å². The smallest absolute Gasteiger partial charge is 0.278 e. The molecule has 3 aromatic heterocycles. The topological polar surface area (TPSA) is 101 Å². The fourth-order valence-corrected chi connectivity index (χ4v) is 5.86. The van der Waals surface area contributed by atoms with Gasteiger partial charge in [-0.15, -0.1) is 6.58 Å². The number of aliphatic hydroxyl groups is 1. The van der Waals surface area contributed by atoms with Gasteiger partial charge in [0.1, 0.15) is 11.0 Å². The molecule has 2 N–H and O–H groups in total. The van der Waals surface area contributed by atoms with E-state index >= 15 is 0 Å². The summed E-state index contributed by atoms with van der Waals surface area (Å²) in [5, 5.41) is 14.9. The fraction of sp³-hybridized carbons (Fsp3) is 0.355. The lowest BCUT2D eigenvalue weighted by Gasteiger charge is -2.23. The van der Waals surface area contributed by atoms with Crippen molar-refractivity contribution >= 4 is 28.2 Å². The predicted octanol–water partition coefficient (Wildman–Crippen LogP) is 4.48. The van der Waals surface area contributed by atoms with Crippen molar-refractivity contribution in [2.45, 2.75) is 51.7 Å². The lowest BCUT2D eigenvalue weighted by atomic mass is 9.95. The molecule has 4 aromatic rings. The standard InChI is InChI=1S/C31H35N7O2/c1-5-15-37-29(39)25-19-32-30(33-23-8-9-24(20(3)18-23)21-12-16-36(4)17-13-21)35-28(25)38(37)26-10-7-22-11-14-31(40,6-2)27(22)34-26/h5,7-10,12,18-19,40H,1,6,11,13-17H2,2-4H3,(H,32,33,35)/t31-/m0/s1. The number of nitrogens with zero attached hydrogens (tertiary/aromatic N) is 6. The van der Waals surface area contributed by atoms with Crippen molar-refractivity contribution in [3.05, 3.63) is 88.0 Å². The number of rotatable bonds is 7. The minimum absolute atomic E-state index is 0.221. The summed E-state index contributed by atoms with van der Waals surface area (Å²) in [6.07, 6.45) is 8.57. The second kappa shape index (κ2) is 10.1. The van der Waals surface area contributed by atoms with Gasteiger partial charge in [0.2, 0.25) is 5.95 Å². The number of hydrogen-bond acceptors (Lipinski definition) is 7. The molecule has 1 aliphatic heterocycles. The Balaban J connectivity index is 1.39. The summed E-state index contributed by atoms with van der Waals surface area (Å²) in [5.74, 6) is 0.909. The van der Waals surface area contributed by atoms with Gasteiger partial charge < -0.3 is 15.3 Å². The number of anilines is 2. The highest BCUT2D eigenvalue weighted by molar-refractivity contribution is 5.77. The average Bonchev–Trinajstić information content (AvgIpc) is 3.43. The Kier molecular flexibility index (Phi) is 6.64. The van der Waals surface area contributed by atoms with Crippen LogP contribution < -0.4 is 10.9 Å². The third-order valence-electron chi connectivity index (χ3n) is 8.23. The van der Waals surface area contributed by atoms with Crippen molar-refractivity contribution in [3.8, 4) is 5.82 Å². The predicted molar refractivity (Wildman–Crippen MR) is 158 cm³/mol. The molecule has 0 unspecified atom stereocenters. The Morgan fingerprint density at radius 2 is 2.05 bits per heavy atom. The van der Waals surface area contributed by atoms with E-state index < -0.39 is 5.60 Å². The van der Waals surface area contributed by atoms with Gasteiger partial charge >= 0.3 is 0 Å². The maximum absolute atomic E-state index is 13.4. The molecule has 2 aliphatic rings. The molecule has 0 saturated carbocycles. The highest BCUT2D eigenvalue weighted by atomic mass is 16.3. The zero-order valence-corrected chi connectivity index (χ0v) is 23.3. The number of allylic oxidation sites excluding steroid dienone is 1. The third kappa shape index (κ3) is 4.45. The Morgan fingerprint density at radius 3 is 2.77 bits per heavy atom. The summed E-state index contributed by atoms with van der Waals surface area (Å²) in [7, 11) is 2.14. The van der Waals surface area contributed by atoms with Crippen LogP contribution >= 0.6 is 0 Å². The van der Waals surface area contributed by atoms with Gasteiger partial charge in [0, 0.05) is 25.0 Å². The van der Waals surface area contributed by atoms with Crippen LogP contribution in [0.1, 0.15) is 48.6 Å². The van der Waals surface area contributed by atoms with E-state index in [1.165, 1.54) is 16.7 Å². The van der Waals surface area contributed by atoms with Crippen LogP contribution in [0.5, 0.6) is 0 Å². The first-order valence-corrected chi connectivity index (χ1v) is 13.9. The number of aromatic nitrogens is 5. The van der Waals surface area contributed by atoms with E-state index in [2.05, 4.69) is 54.0 Å². The maximum atomic E-state index is 13.4. The molecule has 9 nitrogen and oxygen atoms in total. The van der Waals surface area contributed by atoms with Gasteiger partial charge in [0.25, 0.3) is 5.56 Å². The SMILES string of the molecule is C=CCn1c(=O)c2cnc(Nc3ccc(C4=CCN(C)CC4)c(C)c3)nc2n1-c1ccc2c(n1)[C@](O)(CC)CC2. The number of hydrogen-bond donors (Lipinski definition) is 2. The minimum Gasteiger partial charge on any atom is -0.384 e. The van der Waals surface area contributed by atoms with Gasteiger partial charge in [0.05, 0.1) is 12.2 Å². The molecule has 1 aromatic carbocycles. The van der Waals surface area contributed by atoms with Crippen molar-refractivity contribution in [3.63, 3.8) is 0 Å². The monoisotopic (exact) mass is 537 g/mol. The molecule has 0 amide bonds. The average molecular weight is 538 g/mol. The van der Waals surface area contributed by atoms with Crippen molar-refractivity contribution in [1.29, 1.82) is 0 Å². The van der Waals surface area contributed by atoms with Gasteiger partial charge in [-0.1, -0.05) is 31.2 Å². The summed E-state index contributed by atoms with van der Waals surface area (Å²) in [6.45, 7) is 10.2. The number of pyridine rings is 1. The van der Waals surface area contributed by atoms with Crippen LogP contribution in [0.25, 0.3) is 22.4 Å². The lowest BCUT2D eigenvalue weighted by Crippen LogP contribution is -2.25. The molecular formula is C31H35N7O2. The van der Waals surface area contributed by atoms with Crippen LogP contribution in [0, 0.1) is 6.92 Å². The van der Waals surface area contributed by atoms with E-state index in [0.717, 1.165) is 37.2 Å². The molecule has 0 fully saturated rings. The van der Waals surface area contributed by atoms with E-state index in [-0.39, 0.29) is 12.1 Å². The third-order valence-corrected chi connectivity index (χ3v) is 8.23. The summed E-state index contributed by atoms with van der Waals surface area (Å²) in [6, 6.07) is 10.2. The van der Waals surface area contributed by atoms with Crippen LogP contribution in [0.3, 0.4) is 0 Å². The minimum atomic E-state index is -0.965. The fourth-order valence-electron chi connectivity index (χ4n) is 5.86. The number of benzene rings is 1. The van der Waals surface area contributed by atoms with Gasteiger partial charge in [-0.2, -0.15) is 4.98 Å². The quantitative estimate of drug-likeness (QED) is 0.335. The van der Waals surface area contributed by atoms with E-state index in [4.69, 9.17) is 9.97 Å². The summed E-state index contributed by atoms with van der Waals surface area (Å²) in [5.41, 5.74) is 5.67. The molecular weight excluding hydrogens is 502 g/mol.